The zero-order valence-corrected chi connectivity index (χ0v) is 9.89. The van der Waals surface area contributed by atoms with Gasteiger partial charge in [0, 0.05) is 10.0 Å². The molecule has 1 aromatic carbocycles. The van der Waals surface area contributed by atoms with E-state index in [4.69, 9.17) is 0 Å². The number of allylic oxidation sites excluding steroid dienone is 2. The van der Waals surface area contributed by atoms with Gasteiger partial charge in [0.2, 0.25) is 0 Å². The Balaban J connectivity index is 2.78. The second-order valence-corrected chi connectivity index (χ2v) is 4.34. The summed E-state index contributed by atoms with van der Waals surface area (Å²) in [7, 11) is 0. The Bertz CT molecular complexity index is 435. The molecule has 0 aliphatic heterocycles. The van der Waals surface area contributed by atoms with Crippen molar-refractivity contribution in [3.63, 3.8) is 0 Å². The van der Waals surface area contributed by atoms with E-state index in [2.05, 4.69) is 49.7 Å². The molecule has 2 heteroatoms. The third-order valence-corrected chi connectivity index (χ3v) is 3.13. The first-order valence-electron chi connectivity index (χ1n) is 3.87. The van der Waals surface area contributed by atoms with E-state index in [0.717, 1.165) is 14.5 Å². The first kappa shape index (κ1) is 9.01. The summed E-state index contributed by atoms with van der Waals surface area (Å²) in [6.45, 7) is 0. The highest BCUT2D eigenvalue weighted by Gasteiger charge is 2.07. The SMILES string of the molecule is BrC1=C=CC=Cc2cccc(Br)c21. The Morgan fingerprint density at radius 2 is 2.00 bits per heavy atom. The highest BCUT2D eigenvalue weighted by molar-refractivity contribution is 9.15. The normalized spacial score (nSPS) is 13.5. The third-order valence-electron chi connectivity index (χ3n) is 1.85. The molecule has 0 radical (unpaired) electrons. The molecule has 0 spiro atoms. The number of benzene rings is 1. The van der Waals surface area contributed by atoms with Gasteiger partial charge in [-0.15, -0.1) is 5.73 Å². The predicted molar refractivity (Wildman–Crippen MR) is 63.6 cm³/mol. The lowest BCUT2D eigenvalue weighted by Gasteiger charge is -2.04. The van der Waals surface area contributed by atoms with E-state index in [9.17, 15) is 0 Å². The quantitative estimate of drug-likeness (QED) is 0.624. The first-order chi connectivity index (χ1) is 6.29. The van der Waals surface area contributed by atoms with Crippen LogP contribution in [0.1, 0.15) is 11.1 Å². The summed E-state index contributed by atoms with van der Waals surface area (Å²) >= 11 is 7.01. The number of fused-ring (bicyclic) bond motifs is 1. The molecule has 0 heterocycles. The largest absolute Gasteiger partial charge is 0.105 e. The fourth-order valence-corrected chi connectivity index (χ4v) is 2.68. The van der Waals surface area contributed by atoms with Crippen LogP contribution in [0.2, 0.25) is 0 Å². The van der Waals surface area contributed by atoms with E-state index in [1.54, 1.807) is 0 Å². The second kappa shape index (κ2) is 3.67. The molecule has 0 bridgehead atoms. The maximum Gasteiger partial charge on any atom is 0.0683 e. The number of rotatable bonds is 0. The maximum absolute atomic E-state index is 3.52. The Labute approximate surface area is 93.9 Å². The molecular weight excluding hydrogens is 292 g/mol. The zero-order chi connectivity index (χ0) is 9.26. The van der Waals surface area contributed by atoms with Crippen LogP contribution < -0.4 is 0 Å². The van der Waals surface area contributed by atoms with E-state index in [0.29, 0.717) is 0 Å². The molecule has 0 aromatic heterocycles. The van der Waals surface area contributed by atoms with Gasteiger partial charge in [0.1, 0.15) is 0 Å². The van der Waals surface area contributed by atoms with E-state index in [1.165, 1.54) is 5.56 Å². The number of halogens is 2. The van der Waals surface area contributed by atoms with E-state index >= 15 is 0 Å². The summed E-state index contributed by atoms with van der Waals surface area (Å²) in [6.07, 6.45) is 5.96. The van der Waals surface area contributed by atoms with Crippen molar-refractivity contribution in [1.82, 2.24) is 0 Å². The molecule has 0 nitrogen and oxygen atoms in total. The third kappa shape index (κ3) is 1.71. The van der Waals surface area contributed by atoms with Crippen LogP contribution in [0.25, 0.3) is 10.6 Å². The molecular formula is C11H6Br2. The second-order valence-electron chi connectivity index (χ2n) is 2.69. The molecule has 1 aliphatic carbocycles. The number of hydrogen-bond donors (Lipinski definition) is 0. The van der Waals surface area contributed by atoms with Crippen LogP contribution >= 0.6 is 31.9 Å². The summed E-state index contributed by atoms with van der Waals surface area (Å²) in [5.74, 6) is 0. The highest BCUT2D eigenvalue weighted by Crippen LogP contribution is 2.32. The summed E-state index contributed by atoms with van der Waals surface area (Å²) < 4.78 is 2.07. The van der Waals surface area contributed by atoms with Gasteiger partial charge in [0.05, 0.1) is 4.48 Å². The van der Waals surface area contributed by atoms with Crippen molar-refractivity contribution in [2.75, 3.05) is 0 Å². The van der Waals surface area contributed by atoms with Crippen LogP contribution in [0.4, 0.5) is 0 Å². The summed E-state index contributed by atoms with van der Waals surface area (Å²) in [5, 5.41) is 0. The first-order valence-corrected chi connectivity index (χ1v) is 5.45. The van der Waals surface area contributed by atoms with Gasteiger partial charge in [-0.3, -0.25) is 0 Å². The van der Waals surface area contributed by atoms with Gasteiger partial charge in [-0.1, -0.05) is 40.2 Å². The van der Waals surface area contributed by atoms with E-state index < -0.39 is 0 Å². The Kier molecular flexibility index (Phi) is 2.54. The monoisotopic (exact) mass is 296 g/mol. The van der Waals surface area contributed by atoms with Gasteiger partial charge in [0.25, 0.3) is 0 Å². The standard InChI is InChI=1S/C11H6Br2/c12-9-6-2-1-4-8-5-3-7-10(13)11(8)9/h1-5,7H. The Hall–Kier alpha value is -0.560. The molecule has 0 fully saturated rings. The van der Waals surface area contributed by atoms with Crippen LogP contribution in [0.5, 0.6) is 0 Å². The van der Waals surface area contributed by atoms with Crippen LogP contribution in [-0.2, 0) is 0 Å². The van der Waals surface area contributed by atoms with Crippen molar-refractivity contribution in [2.45, 2.75) is 0 Å². The van der Waals surface area contributed by atoms with Crippen molar-refractivity contribution >= 4 is 42.4 Å². The predicted octanol–water partition coefficient (Wildman–Crippen LogP) is 4.37. The van der Waals surface area contributed by atoms with Crippen molar-refractivity contribution < 1.29 is 0 Å². The topological polar surface area (TPSA) is 0 Å². The average molecular weight is 298 g/mol. The Morgan fingerprint density at radius 1 is 1.15 bits per heavy atom. The molecule has 0 saturated heterocycles. The van der Waals surface area contributed by atoms with Crippen molar-refractivity contribution in [3.05, 3.63) is 51.7 Å². The van der Waals surface area contributed by atoms with Gasteiger partial charge in [-0.2, -0.15) is 0 Å². The lowest BCUT2D eigenvalue weighted by Crippen LogP contribution is -1.83. The molecule has 1 aliphatic rings. The minimum atomic E-state index is 0.986. The summed E-state index contributed by atoms with van der Waals surface area (Å²) in [5.41, 5.74) is 5.49. The molecule has 64 valence electrons. The van der Waals surface area contributed by atoms with Crippen molar-refractivity contribution in [3.8, 4) is 0 Å². The molecule has 0 atom stereocenters. The molecule has 0 amide bonds. The van der Waals surface area contributed by atoms with Crippen molar-refractivity contribution in [1.29, 1.82) is 0 Å². The minimum Gasteiger partial charge on any atom is -0.105 e. The lowest BCUT2D eigenvalue weighted by atomic mass is 10.1. The van der Waals surface area contributed by atoms with Gasteiger partial charge in [0.15, 0.2) is 0 Å². The highest BCUT2D eigenvalue weighted by atomic mass is 79.9. The van der Waals surface area contributed by atoms with Gasteiger partial charge in [-0.25, -0.2) is 0 Å². The molecule has 13 heavy (non-hydrogen) atoms. The van der Waals surface area contributed by atoms with Crippen LogP contribution in [-0.4, -0.2) is 0 Å². The van der Waals surface area contributed by atoms with E-state index in [-0.39, 0.29) is 0 Å². The van der Waals surface area contributed by atoms with Crippen LogP contribution in [0.3, 0.4) is 0 Å². The van der Waals surface area contributed by atoms with E-state index in [1.807, 2.05) is 24.3 Å². The molecule has 1 aromatic rings. The molecule has 0 unspecified atom stereocenters. The average Bonchev–Trinajstić information content (AvgIpc) is 2.29. The Morgan fingerprint density at radius 3 is 2.85 bits per heavy atom. The van der Waals surface area contributed by atoms with Crippen LogP contribution in [0.15, 0.2) is 40.6 Å². The van der Waals surface area contributed by atoms with Crippen LogP contribution in [0, 0.1) is 0 Å². The number of hydrogen-bond acceptors (Lipinski definition) is 0. The molecule has 2 rings (SSSR count). The smallest absolute Gasteiger partial charge is 0.0683 e. The van der Waals surface area contributed by atoms with Gasteiger partial charge in [-0.05, 0) is 33.6 Å². The van der Waals surface area contributed by atoms with Gasteiger partial charge < -0.3 is 0 Å². The van der Waals surface area contributed by atoms with Crippen molar-refractivity contribution in [2.24, 2.45) is 0 Å². The molecule has 0 N–H and O–H groups in total. The fraction of sp³-hybridized carbons (Fsp3) is 0. The summed E-state index contributed by atoms with van der Waals surface area (Å²) in [4.78, 5) is 0. The van der Waals surface area contributed by atoms with Gasteiger partial charge >= 0.3 is 0 Å². The molecule has 0 saturated carbocycles. The maximum atomic E-state index is 3.52. The zero-order valence-electron chi connectivity index (χ0n) is 6.72. The minimum absolute atomic E-state index is 0.986. The fourth-order valence-electron chi connectivity index (χ4n) is 1.26. The summed E-state index contributed by atoms with van der Waals surface area (Å²) in [6, 6.07) is 6.14. The lowest BCUT2D eigenvalue weighted by molar-refractivity contribution is 1.56.